The topological polar surface area (TPSA) is 3.24 Å². The maximum absolute atomic E-state index is 2.50. The molecule has 2 rings (SSSR count). The molecule has 0 spiro atoms. The molecule has 0 N–H and O–H groups in total. The van der Waals surface area contributed by atoms with Gasteiger partial charge in [0.1, 0.15) is 0 Å². The van der Waals surface area contributed by atoms with Crippen LogP contribution >= 0.6 is 0 Å². The Morgan fingerprint density at radius 2 is 1.90 bits per heavy atom. The van der Waals surface area contributed by atoms with E-state index in [9.17, 15) is 0 Å². The Balaban J connectivity index is 1.90. The van der Waals surface area contributed by atoms with Gasteiger partial charge in [0.25, 0.3) is 0 Å². The molecule has 10 heavy (non-hydrogen) atoms. The Morgan fingerprint density at radius 1 is 1.20 bits per heavy atom. The molecule has 1 saturated carbocycles. The second-order valence-electron chi connectivity index (χ2n) is 4.12. The third-order valence-electron chi connectivity index (χ3n) is 3.21. The lowest BCUT2D eigenvalue weighted by Crippen LogP contribution is -2.21. The lowest BCUT2D eigenvalue weighted by atomic mass is 10.0. The van der Waals surface area contributed by atoms with Crippen LogP contribution in [0.4, 0.5) is 0 Å². The normalized spacial score (nSPS) is 42.6. The Labute approximate surface area is 63.4 Å². The van der Waals surface area contributed by atoms with Crippen molar-refractivity contribution < 1.29 is 0 Å². The zero-order valence-electron chi connectivity index (χ0n) is 7.01. The Bertz CT molecular complexity index is 119. The minimum atomic E-state index is 0.852. The molecule has 2 fully saturated rings. The maximum atomic E-state index is 2.50. The Kier molecular flexibility index (Phi) is 1.48. The summed E-state index contributed by atoms with van der Waals surface area (Å²) >= 11 is 0. The SMILES string of the molecule is C[C@@H]1CC(C2CC2)CN1C. The van der Waals surface area contributed by atoms with Gasteiger partial charge in [0.05, 0.1) is 0 Å². The summed E-state index contributed by atoms with van der Waals surface area (Å²) in [5, 5.41) is 0. The third-order valence-corrected chi connectivity index (χ3v) is 3.21. The molecule has 58 valence electrons. The van der Waals surface area contributed by atoms with Crippen molar-refractivity contribution in [1.82, 2.24) is 4.90 Å². The summed E-state index contributed by atoms with van der Waals surface area (Å²) in [5.41, 5.74) is 0. The average Bonchev–Trinajstić information content (AvgIpc) is 2.64. The van der Waals surface area contributed by atoms with Gasteiger partial charge >= 0.3 is 0 Å². The second-order valence-corrected chi connectivity index (χ2v) is 4.12. The summed E-state index contributed by atoms with van der Waals surface area (Å²) in [6.45, 7) is 3.72. The van der Waals surface area contributed by atoms with Gasteiger partial charge in [-0.15, -0.1) is 0 Å². The summed E-state index contributed by atoms with van der Waals surface area (Å²) in [6, 6.07) is 0.852. The van der Waals surface area contributed by atoms with Crippen LogP contribution in [0.15, 0.2) is 0 Å². The molecule has 2 aliphatic rings. The van der Waals surface area contributed by atoms with Crippen molar-refractivity contribution in [2.45, 2.75) is 32.2 Å². The van der Waals surface area contributed by atoms with Gasteiger partial charge in [0.15, 0.2) is 0 Å². The molecule has 1 aliphatic heterocycles. The van der Waals surface area contributed by atoms with Crippen molar-refractivity contribution in [1.29, 1.82) is 0 Å². The van der Waals surface area contributed by atoms with E-state index in [2.05, 4.69) is 18.9 Å². The fourth-order valence-corrected chi connectivity index (χ4v) is 2.15. The number of likely N-dealkylation sites (tertiary alicyclic amines) is 1. The molecule has 1 unspecified atom stereocenters. The molecule has 0 radical (unpaired) electrons. The molecule has 2 atom stereocenters. The van der Waals surface area contributed by atoms with Crippen LogP contribution < -0.4 is 0 Å². The first-order valence-electron chi connectivity index (χ1n) is 4.47. The maximum Gasteiger partial charge on any atom is 0.00672 e. The van der Waals surface area contributed by atoms with Gasteiger partial charge in [-0.3, -0.25) is 0 Å². The van der Waals surface area contributed by atoms with Gasteiger partial charge in [0, 0.05) is 12.6 Å². The summed E-state index contributed by atoms with van der Waals surface area (Å²) in [4.78, 5) is 2.50. The van der Waals surface area contributed by atoms with E-state index in [1.54, 1.807) is 0 Å². The smallest absolute Gasteiger partial charge is 0.00672 e. The number of rotatable bonds is 1. The fourth-order valence-electron chi connectivity index (χ4n) is 2.15. The van der Waals surface area contributed by atoms with Crippen LogP contribution in [0, 0.1) is 11.8 Å². The van der Waals surface area contributed by atoms with Crippen molar-refractivity contribution in [2.24, 2.45) is 11.8 Å². The molecule has 1 aliphatic carbocycles. The van der Waals surface area contributed by atoms with Crippen LogP contribution in [0.1, 0.15) is 26.2 Å². The highest BCUT2D eigenvalue weighted by molar-refractivity contribution is 4.90. The summed E-state index contributed by atoms with van der Waals surface area (Å²) in [7, 11) is 2.26. The van der Waals surface area contributed by atoms with Crippen molar-refractivity contribution in [2.75, 3.05) is 13.6 Å². The van der Waals surface area contributed by atoms with Crippen molar-refractivity contribution in [3.05, 3.63) is 0 Å². The summed E-state index contributed by atoms with van der Waals surface area (Å²) < 4.78 is 0. The number of hydrogen-bond acceptors (Lipinski definition) is 1. The first kappa shape index (κ1) is 6.66. The van der Waals surface area contributed by atoms with Gasteiger partial charge in [0.2, 0.25) is 0 Å². The van der Waals surface area contributed by atoms with Gasteiger partial charge in [-0.05, 0) is 45.1 Å². The molecule has 1 nitrogen and oxygen atoms in total. The predicted octanol–water partition coefficient (Wildman–Crippen LogP) is 1.74. The fraction of sp³-hybridized carbons (Fsp3) is 1.00. The van der Waals surface area contributed by atoms with Crippen LogP contribution in [0.5, 0.6) is 0 Å². The minimum Gasteiger partial charge on any atom is -0.303 e. The molecule has 1 heteroatoms. The van der Waals surface area contributed by atoms with E-state index in [1.807, 2.05) is 0 Å². The molecule has 0 aromatic heterocycles. The van der Waals surface area contributed by atoms with E-state index in [1.165, 1.54) is 25.8 Å². The van der Waals surface area contributed by atoms with Crippen LogP contribution in [0.25, 0.3) is 0 Å². The molecule has 1 heterocycles. The Morgan fingerprint density at radius 3 is 2.30 bits per heavy atom. The van der Waals surface area contributed by atoms with Crippen molar-refractivity contribution in [3.63, 3.8) is 0 Å². The third kappa shape index (κ3) is 1.07. The number of hydrogen-bond donors (Lipinski definition) is 0. The second kappa shape index (κ2) is 2.23. The van der Waals surface area contributed by atoms with E-state index in [0.29, 0.717) is 0 Å². The van der Waals surface area contributed by atoms with Gasteiger partial charge in [-0.2, -0.15) is 0 Å². The van der Waals surface area contributed by atoms with Crippen LogP contribution in [0.3, 0.4) is 0 Å². The summed E-state index contributed by atoms with van der Waals surface area (Å²) in [5.74, 6) is 2.17. The van der Waals surface area contributed by atoms with Gasteiger partial charge < -0.3 is 4.90 Å². The van der Waals surface area contributed by atoms with Gasteiger partial charge in [-0.1, -0.05) is 0 Å². The van der Waals surface area contributed by atoms with Crippen LogP contribution in [-0.2, 0) is 0 Å². The van der Waals surface area contributed by atoms with E-state index >= 15 is 0 Å². The predicted molar refractivity (Wildman–Crippen MR) is 42.9 cm³/mol. The quantitative estimate of drug-likeness (QED) is 0.535. The van der Waals surface area contributed by atoms with E-state index in [0.717, 1.165) is 17.9 Å². The first-order valence-corrected chi connectivity index (χ1v) is 4.47. The standard InChI is InChI=1S/C9H17N/c1-7-5-9(6-10(7)2)8-3-4-8/h7-9H,3-6H2,1-2H3/t7-,9?/m1/s1. The van der Waals surface area contributed by atoms with E-state index in [4.69, 9.17) is 0 Å². The zero-order chi connectivity index (χ0) is 7.14. The lowest BCUT2D eigenvalue weighted by molar-refractivity contribution is 0.322. The molecule has 1 saturated heterocycles. The molecular formula is C9H17N. The average molecular weight is 139 g/mol. The molecule has 0 bridgehead atoms. The highest BCUT2D eigenvalue weighted by atomic mass is 15.1. The molecule has 0 amide bonds. The molecule has 0 aromatic rings. The Hall–Kier alpha value is -0.0400. The van der Waals surface area contributed by atoms with Crippen molar-refractivity contribution >= 4 is 0 Å². The minimum absolute atomic E-state index is 0.852. The largest absolute Gasteiger partial charge is 0.303 e. The molecular weight excluding hydrogens is 122 g/mol. The summed E-state index contributed by atoms with van der Waals surface area (Å²) in [6.07, 6.45) is 4.50. The zero-order valence-corrected chi connectivity index (χ0v) is 7.01. The first-order chi connectivity index (χ1) is 4.77. The van der Waals surface area contributed by atoms with Crippen LogP contribution in [-0.4, -0.2) is 24.5 Å². The highest BCUT2D eigenvalue weighted by Crippen LogP contribution is 2.42. The lowest BCUT2D eigenvalue weighted by Gasteiger charge is -2.12. The number of nitrogens with zero attached hydrogens (tertiary/aromatic N) is 1. The van der Waals surface area contributed by atoms with E-state index < -0.39 is 0 Å². The van der Waals surface area contributed by atoms with Gasteiger partial charge in [-0.25, -0.2) is 0 Å². The highest BCUT2D eigenvalue weighted by Gasteiger charge is 2.37. The van der Waals surface area contributed by atoms with E-state index in [-0.39, 0.29) is 0 Å². The monoisotopic (exact) mass is 139 g/mol. The molecule has 0 aromatic carbocycles. The van der Waals surface area contributed by atoms with Crippen molar-refractivity contribution in [3.8, 4) is 0 Å². The van der Waals surface area contributed by atoms with Crippen LogP contribution in [0.2, 0.25) is 0 Å².